The first-order chi connectivity index (χ1) is 9.74. The van der Waals surface area contributed by atoms with Crippen LogP contribution in [0.1, 0.15) is 37.6 Å². The lowest BCUT2D eigenvalue weighted by Gasteiger charge is -2.23. The maximum atomic E-state index is 12.2. The standard InChI is InChI=1S/C14H24N4O2/c1-2-3-10(4-5-19)7-16-14(20)12-6-11-13(8-15-12)18-9-17-11/h9-10,12,15,19H,2-8H2,1H3,(H,16,20)(H,17,18). The van der Waals surface area contributed by atoms with Crippen molar-refractivity contribution >= 4 is 5.91 Å². The van der Waals surface area contributed by atoms with Gasteiger partial charge in [0.25, 0.3) is 0 Å². The van der Waals surface area contributed by atoms with E-state index in [0.29, 0.717) is 25.4 Å². The van der Waals surface area contributed by atoms with Gasteiger partial charge in [0, 0.05) is 26.1 Å². The lowest BCUT2D eigenvalue weighted by Crippen LogP contribution is -2.48. The molecule has 1 amide bonds. The van der Waals surface area contributed by atoms with E-state index in [2.05, 4.69) is 27.5 Å². The number of H-pyrrole nitrogens is 1. The molecule has 0 saturated carbocycles. The molecule has 0 aliphatic carbocycles. The minimum atomic E-state index is -0.206. The molecule has 2 rings (SSSR count). The van der Waals surface area contributed by atoms with Gasteiger partial charge in [0.05, 0.1) is 23.8 Å². The van der Waals surface area contributed by atoms with E-state index in [1.807, 2.05) is 0 Å². The molecule has 2 atom stereocenters. The van der Waals surface area contributed by atoms with Crippen LogP contribution >= 0.6 is 0 Å². The predicted octanol–water partition coefficient (Wildman–Crippen LogP) is 0.339. The Morgan fingerprint density at radius 2 is 2.45 bits per heavy atom. The van der Waals surface area contributed by atoms with E-state index in [9.17, 15) is 4.79 Å². The number of imidazole rings is 1. The molecule has 0 spiro atoms. The van der Waals surface area contributed by atoms with Gasteiger partial charge < -0.3 is 15.4 Å². The van der Waals surface area contributed by atoms with Crippen LogP contribution in [0.2, 0.25) is 0 Å². The number of aromatic nitrogens is 2. The number of carbonyl (C=O) groups excluding carboxylic acids is 1. The highest BCUT2D eigenvalue weighted by Crippen LogP contribution is 2.13. The Labute approximate surface area is 119 Å². The monoisotopic (exact) mass is 280 g/mol. The predicted molar refractivity (Wildman–Crippen MR) is 76.0 cm³/mol. The molecule has 0 bridgehead atoms. The lowest BCUT2D eigenvalue weighted by molar-refractivity contribution is -0.123. The van der Waals surface area contributed by atoms with Gasteiger partial charge in [0.1, 0.15) is 0 Å². The highest BCUT2D eigenvalue weighted by atomic mass is 16.3. The summed E-state index contributed by atoms with van der Waals surface area (Å²) in [5, 5.41) is 15.2. The zero-order valence-corrected chi connectivity index (χ0v) is 12.0. The maximum absolute atomic E-state index is 12.2. The summed E-state index contributed by atoms with van der Waals surface area (Å²) in [5.41, 5.74) is 2.04. The summed E-state index contributed by atoms with van der Waals surface area (Å²) in [5.74, 6) is 0.385. The van der Waals surface area contributed by atoms with E-state index in [-0.39, 0.29) is 18.6 Å². The van der Waals surface area contributed by atoms with Crippen LogP contribution in [-0.4, -0.2) is 40.2 Å². The second-order valence-electron chi connectivity index (χ2n) is 5.38. The highest BCUT2D eigenvalue weighted by molar-refractivity contribution is 5.82. The number of amides is 1. The Kier molecular flexibility index (Phi) is 5.55. The Balaban J connectivity index is 1.80. The van der Waals surface area contributed by atoms with Gasteiger partial charge in [0.15, 0.2) is 0 Å². The average Bonchev–Trinajstić information content (AvgIpc) is 2.92. The maximum Gasteiger partial charge on any atom is 0.237 e. The van der Waals surface area contributed by atoms with E-state index in [1.54, 1.807) is 6.33 Å². The lowest BCUT2D eigenvalue weighted by atomic mass is 9.99. The first-order valence-electron chi connectivity index (χ1n) is 7.37. The molecule has 0 aromatic carbocycles. The third-order valence-corrected chi connectivity index (χ3v) is 3.85. The zero-order valence-electron chi connectivity index (χ0n) is 12.0. The summed E-state index contributed by atoms with van der Waals surface area (Å²) in [4.78, 5) is 19.5. The summed E-state index contributed by atoms with van der Waals surface area (Å²) in [6, 6.07) is -0.206. The second kappa shape index (κ2) is 7.40. The van der Waals surface area contributed by atoms with Crippen LogP contribution in [0.5, 0.6) is 0 Å². The van der Waals surface area contributed by atoms with Crippen LogP contribution in [0.15, 0.2) is 6.33 Å². The number of nitrogens with zero attached hydrogens (tertiary/aromatic N) is 1. The first-order valence-corrected chi connectivity index (χ1v) is 7.37. The number of aromatic amines is 1. The van der Waals surface area contributed by atoms with E-state index in [0.717, 1.165) is 30.7 Å². The number of carbonyl (C=O) groups is 1. The van der Waals surface area contributed by atoms with E-state index in [4.69, 9.17) is 5.11 Å². The van der Waals surface area contributed by atoms with Crippen molar-refractivity contribution in [3.8, 4) is 0 Å². The Morgan fingerprint density at radius 3 is 3.20 bits per heavy atom. The summed E-state index contributed by atoms with van der Waals surface area (Å²) < 4.78 is 0. The van der Waals surface area contributed by atoms with Crippen LogP contribution in [0, 0.1) is 5.92 Å². The fourth-order valence-corrected chi connectivity index (χ4v) is 2.66. The first kappa shape index (κ1) is 15.0. The van der Waals surface area contributed by atoms with Crippen molar-refractivity contribution in [3.05, 3.63) is 17.7 Å². The number of hydrogen-bond acceptors (Lipinski definition) is 4. The topological polar surface area (TPSA) is 90.0 Å². The fourth-order valence-electron chi connectivity index (χ4n) is 2.66. The van der Waals surface area contributed by atoms with Gasteiger partial charge in [-0.1, -0.05) is 13.3 Å². The number of aliphatic hydroxyl groups excluding tert-OH is 1. The molecule has 20 heavy (non-hydrogen) atoms. The minimum Gasteiger partial charge on any atom is -0.396 e. The average molecular weight is 280 g/mol. The second-order valence-corrected chi connectivity index (χ2v) is 5.38. The minimum absolute atomic E-state index is 0.0256. The van der Waals surface area contributed by atoms with Crippen molar-refractivity contribution in [2.75, 3.05) is 13.2 Å². The largest absolute Gasteiger partial charge is 0.396 e. The molecular formula is C14H24N4O2. The third kappa shape index (κ3) is 3.80. The molecule has 1 aromatic heterocycles. The van der Waals surface area contributed by atoms with Crippen LogP contribution in [0.3, 0.4) is 0 Å². The molecule has 2 unspecified atom stereocenters. The molecule has 0 fully saturated rings. The third-order valence-electron chi connectivity index (χ3n) is 3.85. The van der Waals surface area contributed by atoms with Gasteiger partial charge in [-0.3, -0.25) is 10.1 Å². The van der Waals surface area contributed by atoms with Crippen LogP contribution < -0.4 is 10.6 Å². The number of aliphatic hydroxyl groups is 1. The molecule has 0 radical (unpaired) electrons. The van der Waals surface area contributed by atoms with Gasteiger partial charge in [0.2, 0.25) is 5.91 Å². The van der Waals surface area contributed by atoms with Gasteiger partial charge in [-0.2, -0.15) is 0 Å². The summed E-state index contributed by atoms with van der Waals surface area (Å²) in [6.07, 6.45) is 5.14. The van der Waals surface area contributed by atoms with Gasteiger partial charge in [-0.05, 0) is 18.8 Å². The quantitative estimate of drug-likeness (QED) is 0.580. The van der Waals surface area contributed by atoms with Gasteiger partial charge in [-0.15, -0.1) is 0 Å². The number of fused-ring (bicyclic) bond motifs is 1. The molecule has 6 nitrogen and oxygen atoms in total. The molecule has 2 heterocycles. The van der Waals surface area contributed by atoms with Gasteiger partial charge >= 0.3 is 0 Å². The Bertz CT molecular complexity index is 427. The molecular weight excluding hydrogens is 256 g/mol. The van der Waals surface area contributed by atoms with Crippen molar-refractivity contribution in [2.45, 2.75) is 45.2 Å². The highest BCUT2D eigenvalue weighted by Gasteiger charge is 2.25. The molecule has 112 valence electrons. The van der Waals surface area contributed by atoms with Crippen LogP contribution in [0.25, 0.3) is 0 Å². The van der Waals surface area contributed by atoms with Crippen molar-refractivity contribution in [1.82, 2.24) is 20.6 Å². The van der Waals surface area contributed by atoms with E-state index >= 15 is 0 Å². The normalized spacial score (nSPS) is 19.4. The molecule has 1 aromatic rings. The van der Waals surface area contributed by atoms with Crippen molar-refractivity contribution in [1.29, 1.82) is 0 Å². The van der Waals surface area contributed by atoms with Crippen LogP contribution in [0.4, 0.5) is 0 Å². The molecule has 6 heteroatoms. The Hall–Kier alpha value is -1.40. The Morgan fingerprint density at radius 1 is 1.60 bits per heavy atom. The zero-order chi connectivity index (χ0) is 14.4. The van der Waals surface area contributed by atoms with Crippen molar-refractivity contribution in [2.24, 2.45) is 5.92 Å². The summed E-state index contributed by atoms with van der Waals surface area (Å²) >= 11 is 0. The smallest absolute Gasteiger partial charge is 0.237 e. The molecule has 4 N–H and O–H groups in total. The number of hydrogen-bond donors (Lipinski definition) is 4. The van der Waals surface area contributed by atoms with Crippen molar-refractivity contribution < 1.29 is 9.90 Å². The van der Waals surface area contributed by atoms with E-state index in [1.165, 1.54) is 0 Å². The van der Waals surface area contributed by atoms with Gasteiger partial charge in [-0.25, -0.2) is 4.98 Å². The SMILES string of the molecule is CCCC(CCO)CNC(=O)C1Cc2nc[nH]c2CN1. The number of nitrogens with one attached hydrogen (secondary N) is 3. The number of rotatable bonds is 7. The van der Waals surface area contributed by atoms with Crippen LogP contribution in [-0.2, 0) is 17.8 Å². The molecule has 1 aliphatic rings. The molecule has 1 aliphatic heterocycles. The van der Waals surface area contributed by atoms with E-state index < -0.39 is 0 Å². The summed E-state index contributed by atoms with van der Waals surface area (Å²) in [6.45, 7) is 3.59. The van der Waals surface area contributed by atoms with Crippen molar-refractivity contribution in [3.63, 3.8) is 0 Å². The molecule has 0 saturated heterocycles. The summed E-state index contributed by atoms with van der Waals surface area (Å²) in [7, 11) is 0. The fraction of sp³-hybridized carbons (Fsp3) is 0.714.